The lowest BCUT2D eigenvalue weighted by Crippen LogP contribution is -2.25. The second kappa shape index (κ2) is 9.85. The Bertz CT molecular complexity index is 851. The smallest absolute Gasteiger partial charge is 0.303 e. The van der Waals surface area contributed by atoms with Crippen LogP contribution in [0.15, 0.2) is 53.4 Å². The van der Waals surface area contributed by atoms with E-state index in [0.717, 1.165) is 5.56 Å². The predicted molar refractivity (Wildman–Crippen MR) is 103 cm³/mol. The van der Waals surface area contributed by atoms with Crippen LogP contribution in [0.4, 0.5) is 0 Å². The van der Waals surface area contributed by atoms with Gasteiger partial charge in [0, 0.05) is 18.0 Å². The van der Waals surface area contributed by atoms with Gasteiger partial charge in [0.05, 0.1) is 11.0 Å². The molecule has 0 aliphatic rings. The normalized spacial score (nSPS) is 12.7. The molecule has 0 heterocycles. The van der Waals surface area contributed by atoms with Crippen LogP contribution < -0.4 is 4.72 Å². The van der Waals surface area contributed by atoms with Gasteiger partial charge in [-0.15, -0.1) is 0 Å². The van der Waals surface area contributed by atoms with E-state index in [0.29, 0.717) is 29.8 Å². The SMILES string of the molecule is O=C(O)CCCC(O)c1ccc(CCNS(=O)(=O)c2ccc(Cl)cc2)cc1. The number of aliphatic hydroxyl groups excluding tert-OH is 1. The number of nitrogens with one attached hydrogen (secondary N) is 1. The van der Waals surface area contributed by atoms with Crippen molar-refractivity contribution < 1.29 is 23.4 Å². The molecule has 0 aliphatic carbocycles. The molecule has 0 saturated carbocycles. The highest BCUT2D eigenvalue weighted by Crippen LogP contribution is 2.20. The molecule has 0 aliphatic heterocycles. The standard InChI is InChI=1S/C19H22ClNO5S/c20-16-8-10-17(11-9-16)27(25,26)21-13-12-14-4-6-15(7-5-14)18(22)2-1-3-19(23)24/h4-11,18,21-22H,1-3,12-13H2,(H,23,24). The van der Waals surface area contributed by atoms with Gasteiger partial charge in [-0.1, -0.05) is 35.9 Å². The molecule has 27 heavy (non-hydrogen) atoms. The summed E-state index contributed by atoms with van der Waals surface area (Å²) in [6.07, 6.45) is 0.615. The minimum Gasteiger partial charge on any atom is -0.481 e. The van der Waals surface area contributed by atoms with Gasteiger partial charge in [-0.2, -0.15) is 0 Å². The van der Waals surface area contributed by atoms with Crippen LogP contribution in [-0.4, -0.2) is 31.1 Å². The minimum atomic E-state index is -3.58. The van der Waals surface area contributed by atoms with Crippen LogP contribution in [0.25, 0.3) is 0 Å². The zero-order valence-corrected chi connectivity index (χ0v) is 16.2. The second-order valence-corrected chi connectivity index (χ2v) is 8.35. The number of hydrogen-bond acceptors (Lipinski definition) is 4. The van der Waals surface area contributed by atoms with Gasteiger partial charge in [0.15, 0.2) is 0 Å². The summed E-state index contributed by atoms with van der Waals surface area (Å²) in [6.45, 7) is 0.242. The van der Waals surface area contributed by atoms with Crippen LogP contribution in [0, 0.1) is 0 Å². The Morgan fingerprint density at radius 1 is 1.07 bits per heavy atom. The molecule has 0 aromatic heterocycles. The number of hydrogen-bond donors (Lipinski definition) is 3. The van der Waals surface area contributed by atoms with Crippen molar-refractivity contribution in [3.63, 3.8) is 0 Å². The first-order chi connectivity index (χ1) is 12.8. The molecule has 2 aromatic carbocycles. The maximum atomic E-state index is 12.2. The van der Waals surface area contributed by atoms with Gasteiger partial charge in [-0.25, -0.2) is 13.1 Å². The van der Waals surface area contributed by atoms with Crippen LogP contribution in [0.3, 0.4) is 0 Å². The summed E-state index contributed by atoms with van der Waals surface area (Å²) in [4.78, 5) is 10.7. The van der Waals surface area contributed by atoms with E-state index >= 15 is 0 Å². The van der Waals surface area contributed by atoms with E-state index in [4.69, 9.17) is 16.7 Å². The molecule has 0 amide bonds. The molecule has 1 unspecified atom stereocenters. The van der Waals surface area contributed by atoms with Crippen LogP contribution >= 0.6 is 11.6 Å². The molecule has 0 fully saturated rings. The van der Waals surface area contributed by atoms with Crippen molar-refractivity contribution in [2.75, 3.05) is 6.54 Å². The predicted octanol–water partition coefficient (Wildman–Crippen LogP) is 3.15. The Balaban J connectivity index is 1.84. The minimum absolute atomic E-state index is 0.0307. The molecule has 2 aromatic rings. The molecule has 146 valence electrons. The molecule has 0 bridgehead atoms. The summed E-state index contributed by atoms with van der Waals surface area (Å²) < 4.78 is 26.9. The van der Waals surface area contributed by atoms with Gasteiger partial charge in [-0.05, 0) is 54.7 Å². The summed E-state index contributed by atoms with van der Waals surface area (Å²) in [5.74, 6) is -0.876. The third-order valence-electron chi connectivity index (χ3n) is 4.06. The van der Waals surface area contributed by atoms with Crippen LogP contribution in [0.2, 0.25) is 5.02 Å². The molecular weight excluding hydrogens is 390 g/mol. The Morgan fingerprint density at radius 2 is 1.70 bits per heavy atom. The van der Waals surface area contributed by atoms with Crippen molar-refractivity contribution in [1.29, 1.82) is 0 Å². The average molecular weight is 412 g/mol. The number of carbonyl (C=O) groups is 1. The number of aliphatic carboxylic acids is 1. The van der Waals surface area contributed by atoms with Gasteiger partial charge in [0.2, 0.25) is 10.0 Å². The van der Waals surface area contributed by atoms with Gasteiger partial charge in [0.1, 0.15) is 0 Å². The number of carboxylic acid groups (broad SMARTS) is 1. The van der Waals surface area contributed by atoms with E-state index in [2.05, 4.69) is 4.72 Å². The molecular formula is C19H22ClNO5S. The van der Waals surface area contributed by atoms with Crippen molar-refractivity contribution in [2.24, 2.45) is 0 Å². The maximum Gasteiger partial charge on any atom is 0.303 e. The maximum absolute atomic E-state index is 12.2. The number of aliphatic hydroxyl groups is 1. The third-order valence-corrected chi connectivity index (χ3v) is 5.79. The first-order valence-electron chi connectivity index (χ1n) is 8.52. The Kier molecular flexibility index (Phi) is 7.79. The van der Waals surface area contributed by atoms with Gasteiger partial charge >= 0.3 is 5.97 Å². The quantitative estimate of drug-likeness (QED) is 0.557. The zero-order valence-electron chi connectivity index (χ0n) is 14.6. The van der Waals surface area contributed by atoms with E-state index in [1.54, 1.807) is 12.1 Å². The van der Waals surface area contributed by atoms with E-state index in [1.165, 1.54) is 24.3 Å². The molecule has 2 rings (SSSR count). The fourth-order valence-corrected chi connectivity index (χ4v) is 3.70. The summed E-state index contributed by atoms with van der Waals surface area (Å²) in [5, 5.41) is 19.2. The number of rotatable bonds is 10. The first-order valence-corrected chi connectivity index (χ1v) is 10.4. The summed E-state index contributed by atoms with van der Waals surface area (Å²) in [7, 11) is -3.58. The van der Waals surface area contributed by atoms with Crippen molar-refractivity contribution in [2.45, 2.75) is 36.7 Å². The average Bonchev–Trinajstić information content (AvgIpc) is 2.62. The summed E-state index contributed by atoms with van der Waals surface area (Å²) >= 11 is 5.76. The first kappa shape index (κ1) is 21.4. The second-order valence-electron chi connectivity index (χ2n) is 6.15. The molecule has 0 radical (unpaired) electrons. The Morgan fingerprint density at radius 3 is 2.30 bits per heavy atom. The number of benzene rings is 2. The van der Waals surface area contributed by atoms with Crippen molar-refractivity contribution in [3.05, 3.63) is 64.7 Å². The van der Waals surface area contributed by atoms with Gasteiger partial charge in [0.25, 0.3) is 0 Å². The van der Waals surface area contributed by atoms with E-state index in [-0.39, 0.29) is 17.9 Å². The molecule has 0 saturated heterocycles. The van der Waals surface area contributed by atoms with Crippen molar-refractivity contribution >= 4 is 27.6 Å². The fourth-order valence-electron chi connectivity index (χ4n) is 2.55. The van der Waals surface area contributed by atoms with Crippen LogP contribution in [0.5, 0.6) is 0 Å². The molecule has 6 nitrogen and oxygen atoms in total. The molecule has 1 atom stereocenters. The van der Waals surface area contributed by atoms with Gasteiger partial charge < -0.3 is 10.2 Å². The van der Waals surface area contributed by atoms with Crippen LogP contribution in [0.1, 0.15) is 36.5 Å². The monoisotopic (exact) mass is 411 g/mol. The highest BCUT2D eigenvalue weighted by molar-refractivity contribution is 7.89. The third kappa shape index (κ3) is 6.95. The summed E-state index contributed by atoms with van der Waals surface area (Å²) in [5.41, 5.74) is 1.64. The topological polar surface area (TPSA) is 104 Å². The molecule has 0 spiro atoms. The van der Waals surface area contributed by atoms with E-state index < -0.39 is 22.1 Å². The largest absolute Gasteiger partial charge is 0.481 e. The van der Waals surface area contributed by atoms with Gasteiger partial charge in [-0.3, -0.25) is 4.79 Å². The van der Waals surface area contributed by atoms with E-state index in [9.17, 15) is 18.3 Å². The highest BCUT2D eigenvalue weighted by atomic mass is 35.5. The Labute approximate surface area is 163 Å². The van der Waals surface area contributed by atoms with Crippen LogP contribution in [-0.2, 0) is 21.2 Å². The van der Waals surface area contributed by atoms with Crippen molar-refractivity contribution in [1.82, 2.24) is 4.72 Å². The van der Waals surface area contributed by atoms with E-state index in [1.807, 2.05) is 12.1 Å². The summed E-state index contributed by atoms with van der Waals surface area (Å²) in [6, 6.07) is 13.1. The number of halogens is 1. The zero-order chi connectivity index (χ0) is 19.9. The molecule has 8 heteroatoms. The number of sulfonamides is 1. The highest BCUT2D eigenvalue weighted by Gasteiger charge is 2.13. The lowest BCUT2D eigenvalue weighted by atomic mass is 10.0. The lowest BCUT2D eigenvalue weighted by molar-refractivity contribution is -0.137. The lowest BCUT2D eigenvalue weighted by Gasteiger charge is -2.11. The Hall–Kier alpha value is -1.93. The molecule has 3 N–H and O–H groups in total. The fraction of sp³-hybridized carbons (Fsp3) is 0.316. The van der Waals surface area contributed by atoms with Crippen molar-refractivity contribution in [3.8, 4) is 0 Å². The number of carboxylic acids is 1.